The van der Waals surface area contributed by atoms with Crippen LogP contribution in [-0.4, -0.2) is 16.4 Å². The van der Waals surface area contributed by atoms with Gasteiger partial charge in [0.15, 0.2) is 0 Å². The molecule has 0 aromatic carbocycles. The van der Waals surface area contributed by atoms with Gasteiger partial charge in [-0.05, 0) is 5.41 Å². The molecule has 1 rings (SSSR count). The molecule has 0 atom stereocenters. The molecule has 3 heteroatoms. The molecule has 1 aromatic rings. The number of nitrogens with zero attached hydrogens (tertiary/aromatic N) is 2. The summed E-state index contributed by atoms with van der Waals surface area (Å²) in [5.74, 6) is 0.701. The van der Waals surface area contributed by atoms with Gasteiger partial charge in [0.25, 0.3) is 0 Å². The first-order valence-electron chi connectivity index (χ1n) is 4.10. The molecule has 3 nitrogen and oxygen atoms in total. The van der Waals surface area contributed by atoms with Crippen molar-refractivity contribution in [3.05, 3.63) is 12.3 Å². The molecule has 0 N–H and O–H groups in total. The lowest BCUT2D eigenvalue weighted by Gasteiger charge is -2.17. The number of hydrogen-bond acceptors (Lipinski definition) is 2. The van der Waals surface area contributed by atoms with Crippen molar-refractivity contribution in [2.24, 2.45) is 12.5 Å². The molecule has 0 aliphatic rings. The summed E-state index contributed by atoms with van der Waals surface area (Å²) in [4.78, 5) is 0. The van der Waals surface area contributed by atoms with Crippen LogP contribution in [0.5, 0.6) is 5.88 Å². The van der Waals surface area contributed by atoms with Crippen LogP contribution in [0.1, 0.15) is 20.8 Å². The fourth-order valence-corrected chi connectivity index (χ4v) is 0.761. The van der Waals surface area contributed by atoms with Crippen LogP contribution in [0, 0.1) is 5.41 Å². The lowest BCUT2D eigenvalue weighted by Crippen LogP contribution is -2.17. The van der Waals surface area contributed by atoms with E-state index < -0.39 is 0 Å². The standard InChI is InChI=1S/C9H16N2O/c1-9(2,3)7-12-8-5-6-11(4)10-8/h5-6H,7H2,1-4H3. The van der Waals surface area contributed by atoms with Gasteiger partial charge in [-0.3, -0.25) is 4.68 Å². The Morgan fingerprint density at radius 1 is 1.50 bits per heavy atom. The van der Waals surface area contributed by atoms with Gasteiger partial charge in [0.05, 0.1) is 6.61 Å². The maximum Gasteiger partial charge on any atom is 0.232 e. The highest BCUT2D eigenvalue weighted by molar-refractivity contribution is 5.05. The van der Waals surface area contributed by atoms with Gasteiger partial charge in [-0.2, -0.15) is 0 Å². The van der Waals surface area contributed by atoms with Crippen LogP contribution in [0.15, 0.2) is 12.3 Å². The average molecular weight is 168 g/mol. The quantitative estimate of drug-likeness (QED) is 0.673. The second-order valence-electron chi connectivity index (χ2n) is 4.18. The first kappa shape index (κ1) is 9.10. The molecular weight excluding hydrogens is 152 g/mol. The van der Waals surface area contributed by atoms with Crippen LogP contribution in [0.3, 0.4) is 0 Å². The molecule has 68 valence electrons. The highest BCUT2D eigenvalue weighted by Crippen LogP contribution is 2.15. The summed E-state index contributed by atoms with van der Waals surface area (Å²) in [5.41, 5.74) is 0.192. The fraction of sp³-hybridized carbons (Fsp3) is 0.667. The third-order valence-corrected chi connectivity index (χ3v) is 1.34. The molecule has 0 bridgehead atoms. The van der Waals surface area contributed by atoms with Gasteiger partial charge in [0.2, 0.25) is 5.88 Å². The summed E-state index contributed by atoms with van der Waals surface area (Å²) >= 11 is 0. The smallest absolute Gasteiger partial charge is 0.232 e. The minimum atomic E-state index is 0.192. The highest BCUT2D eigenvalue weighted by Gasteiger charge is 2.11. The zero-order chi connectivity index (χ0) is 9.19. The molecular formula is C9H16N2O. The van der Waals surface area contributed by atoms with Crippen molar-refractivity contribution in [3.8, 4) is 5.88 Å². The Labute approximate surface area is 73.3 Å². The molecule has 0 aliphatic heterocycles. The predicted octanol–water partition coefficient (Wildman–Crippen LogP) is 1.84. The zero-order valence-electron chi connectivity index (χ0n) is 8.16. The molecule has 0 fully saturated rings. The Morgan fingerprint density at radius 2 is 2.17 bits per heavy atom. The molecule has 0 aliphatic carbocycles. The van der Waals surface area contributed by atoms with E-state index in [4.69, 9.17) is 4.74 Å². The van der Waals surface area contributed by atoms with Crippen LogP contribution < -0.4 is 4.74 Å². The van der Waals surface area contributed by atoms with Crippen molar-refractivity contribution in [1.29, 1.82) is 0 Å². The molecule has 12 heavy (non-hydrogen) atoms. The van der Waals surface area contributed by atoms with Crippen molar-refractivity contribution in [2.45, 2.75) is 20.8 Å². The van der Waals surface area contributed by atoms with E-state index in [9.17, 15) is 0 Å². The number of hydrogen-bond donors (Lipinski definition) is 0. The van der Waals surface area contributed by atoms with E-state index in [-0.39, 0.29) is 5.41 Å². The normalized spacial score (nSPS) is 11.7. The lowest BCUT2D eigenvalue weighted by atomic mass is 9.99. The van der Waals surface area contributed by atoms with Gasteiger partial charge >= 0.3 is 0 Å². The third kappa shape index (κ3) is 2.95. The van der Waals surface area contributed by atoms with Crippen molar-refractivity contribution >= 4 is 0 Å². The molecule has 0 amide bonds. The van der Waals surface area contributed by atoms with Gasteiger partial charge < -0.3 is 4.74 Å². The molecule has 0 saturated heterocycles. The maximum atomic E-state index is 5.46. The fourth-order valence-electron chi connectivity index (χ4n) is 0.761. The van der Waals surface area contributed by atoms with E-state index in [1.807, 2.05) is 19.3 Å². The molecule has 0 spiro atoms. The van der Waals surface area contributed by atoms with Crippen LogP contribution in [0.25, 0.3) is 0 Å². The van der Waals surface area contributed by atoms with Crippen molar-refractivity contribution in [2.75, 3.05) is 6.61 Å². The highest BCUT2D eigenvalue weighted by atomic mass is 16.5. The van der Waals surface area contributed by atoms with Gasteiger partial charge in [-0.15, -0.1) is 5.10 Å². The lowest BCUT2D eigenvalue weighted by molar-refractivity contribution is 0.190. The summed E-state index contributed by atoms with van der Waals surface area (Å²) in [6.45, 7) is 7.10. The SMILES string of the molecule is Cn1ccc(OCC(C)(C)C)n1. The topological polar surface area (TPSA) is 27.1 Å². The Kier molecular flexibility index (Phi) is 2.40. The third-order valence-electron chi connectivity index (χ3n) is 1.34. The first-order valence-corrected chi connectivity index (χ1v) is 4.10. The second kappa shape index (κ2) is 3.17. The Balaban J connectivity index is 2.44. The molecule has 1 heterocycles. The Hall–Kier alpha value is -0.990. The van der Waals surface area contributed by atoms with Gasteiger partial charge in [-0.25, -0.2) is 0 Å². The van der Waals surface area contributed by atoms with E-state index in [1.54, 1.807) is 4.68 Å². The van der Waals surface area contributed by atoms with Gasteiger partial charge in [-0.1, -0.05) is 20.8 Å². The number of ether oxygens (including phenoxy) is 1. The van der Waals surface area contributed by atoms with Crippen molar-refractivity contribution in [3.63, 3.8) is 0 Å². The average Bonchev–Trinajstić information content (AvgIpc) is 2.30. The first-order chi connectivity index (χ1) is 5.47. The minimum absolute atomic E-state index is 0.192. The van der Waals surface area contributed by atoms with Crippen LogP contribution in [0.4, 0.5) is 0 Å². The molecule has 0 radical (unpaired) electrons. The van der Waals surface area contributed by atoms with Crippen LogP contribution in [-0.2, 0) is 7.05 Å². The second-order valence-corrected chi connectivity index (χ2v) is 4.18. The van der Waals surface area contributed by atoms with Crippen LogP contribution in [0.2, 0.25) is 0 Å². The predicted molar refractivity (Wildman–Crippen MR) is 48.2 cm³/mol. The van der Waals surface area contributed by atoms with Gasteiger partial charge in [0.1, 0.15) is 0 Å². The maximum absolute atomic E-state index is 5.46. The molecule has 0 saturated carbocycles. The van der Waals surface area contributed by atoms with Crippen molar-refractivity contribution in [1.82, 2.24) is 9.78 Å². The monoisotopic (exact) mass is 168 g/mol. The zero-order valence-corrected chi connectivity index (χ0v) is 8.16. The molecule has 0 unspecified atom stereocenters. The summed E-state index contributed by atoms with van der Waals surface area (Å²) in [6, 6.07) is 1.87. The van der Waals surface area contributed by atoms with E-state index in [0.717, 1.165) is 0 Å². The Morgan fingerprint density at radius 3 is 2.58 bits per heavy atom. The van der Waals surface area contributed by atoms with Crippen LogP contribution >= 0.6 is 0 Å². The Bertz CT molecular complexity index is 247. The summed E-state index contributed by atoms with van der Waals surface area (Å²) < 4.78 is 7.19. The number of rotatable bonds is 2. The summed E-state index contributed by atoms with van der Waals surface area (Å²) in [7, 11) is 1.88. The van der Waals surface area contributed by atoms with Gasteiger partial charge in [0, 0.05) is 19.3 Å². The van der Waals surface area contributed by atoms with Crippen molar-refractivity contribution < 1.29 is 4.74 Å². The van der Waals surface area contributed by atoms with E-state index in [1.165, 1.54) is 0 Å². The van der Waals surface area contributed by atoms with E-state index in [0.29, 0.717) is 12.5 Å². The summed E-state index contributed by atoms with van der Waals surface area (Å²) in [5, 5.41) is 4.11. The minimum Gasteiger partial charge on any atom is -0.476 e. The summed E-state index contributed by atoms with van der Waals surface area (Å²) in [6.07, 6.45) is 1.87. The van der Waals surface area contributed by atoms with E-state index in [2.05, 4.69) is 25.9 Å². The molecule has 1 aromatic heterocycles. The number of aromatic nitrogens is 2. The largest absolute Gasteiger partial charge is 0.476 e. The van der Waals surface area contributed by atoms with E-state index >= 15 is 0 Å². The number of aryl methyl sites for hydroxylation is 1.